The molecule has 0 unspecified atom stereocenters. The van der Waals surface area contributed by atoms with Gasteiger partial charge in [-0.25, -0.2) is 4.79 Å². The fraction of sp³-hybridized carbons (Fsp3) is 0.286. The van der Waals surface area contributed by atoms with Crippen molar-refractivity contribution in [3.63, 3.8) is 0 Å². The third-order valence-electron chi connectivity index (χ3n) is 5.73. The lowest BCUT2D eigenvalue weighted by Crippen LogP contribution is -2.30. The van der Waals surface area contributed by atoms with Gasteiger partial charge in [-0.1, -0.05) is 29.8 Å². The number of nitro benzene ring substituents is 1. The quantitative estimate of drug-likeness (QED) is 0.334. The molecule has 1 aliphatic carbocycles. The second kappa shape index (κ2) is 6.95. The molecule has 1 N–H and O–H groups in total. The molecule has 6 nitrogen and oxygen atoms in total. The molecule has 0 saturated heterocycles. The number of rotatable bonds is 3. The molecule has 2 aromatic rings. The Kier molecular flexibility index (Phi) is 4.59. The van der Waals surface area contributed by atoms with Gasteiger partial charge in [0.25, 0.3) is 5.69 Å². The molecule has 2 aromatic carbocycles. The van der Waals surface area contributed by atoms with Gasteiger partial charge in [-0.3, -0.25) is 10.1 Å². The zero-order valence-corrected chi connectivity index (χ0v) is 16.2. The van der Waals surface area contributed by atoms with E-state index in [1.807, 2.05) is 13.0 Å². The van der Waals surface area contributed by atoms with Gasteiger partial charge in [0.1, 0.15) is 0 Å². The summed E-state index contributed by atoms with van der Waals surface area (Å²) in [5, 5.41) is 15.3. The average Bonchev–Trinajstić information content (AvgIpc) is 3.17. The van der Waals surface area contributed by atoms with Crippen molar-refractivity contribution in [2.75, 3.05) is 12.4 Å². The summed E-state index contributed by atoms with van der Waals surface area (Å²) in [6, 6.07) is 8.08. The van der Waals surface area contributed by atoms with Crippen molar-refractivity contribution in [2.24, 2.45) is 5.92 Å². The van der Waals surface area contributed by atoms with E-state index in [0.29, 0.717) is 16.1 Å². The molecule has 0 bridgehead atoms. The number of anilines is 1. The zero-order valence-electron chi connectivity index (χ0n) is 15.4. The van der Waals surface area contributed by atoms with Crippen LogP contribution in [0.3, 0.4) is 0 Å². The van der Waals surface area contributed by atoms with Crippen molar-refractivity contribution >= 4 is 28.9 Å². The fourth-order valence-electron chi connectivity index (χ4n) is 4.34. The predicted molar refractivity (Wildman–Crippen MR) is 107 cm³/mol. The second-order valence-corrected chi connectivity index (χ2v) is 7.54. The van der Waals surface area contributed by atoms with Crippen LogP contribution in [0.2, 0.25) is 5.02 Å². The maximum Gasteiger partial charge on any atom is 0.338 e. The highest BCUT2D eigenvalue weighted by Crippen LogP contribution is 2.52. The predicted octanol–water partition coefficient (Wildman–Crippen LogP) is 5.17. The molecule has 0 fully saturated rings. The first-order valence-electron chi connectivity index (χ1n) is 9.01. The lowest BCUT2D eigenvalue weighted by atomic mass is 9.76. The van der Waals surface area contributed by atoms with Crippen LogP contribution in [-0.2, 0) is 4.74 Å². The van der Waals surface area contributed by atoms with Gasteiger partial charge in [-0.15, -0.1) is 0 Å². The van der Waals surface area contributed by atoms with Crippen molar-refractivity contribution in [3.05, 3.63) is 79.9 Å². The van der Waals surface area contributed by atoms with E-state index >= 15 is 0 Å². The van der Waals surface area contributed by atoms with E-state index in [1.54, 1.807) is 18.2 Å². The standard InChI is InChI=1S/C21H19ClN2O4/c1-11-13(21(25)28-2)7-8-16-14-4-3-5-15(14)20(23-19(11)16)17-10-12(24(26)27)6-9-18(17)22/h3-4,6-10,14-15,20,23H,5H2,1-2H3/t14-,15-,20+/m1/s1. The van der Waals surface area contributed by atoms with E-state index in [0.717, 1.165) is 23.2 Å². The largest absolute Gasteiger partial charge is 0.465 e. The molecule has 0 amide bonds. The molecular weight excluding hydrogens is 380 g/mol. The maximum absolute atomic E-state index is 12.1. The number of methoxy groups -OCH3 is 1. The van der Waals surface area contributed by atoms with Crippen molar-refractivity contribution in [1.29, 1.82) is 0 Å². The highest BCUT2D eigenvalue weighted by Gasteiger charge is 2.40. The number of carbonyl (C=O) groups is 1. The number of allylic oxidation sites excluding steroid dienone is 2. The Morgan fingerprint density at radius 2 is 2.07 bits per heavy atom. The first-order chi connectivity index (χ1) is 13.4. The summed E-state index contributed by atoms with van der Waals surface area (Å²) in [6.07, 6.45) is 5.15. The summed E-state index contributed by atoms with van der Waals surface area (Å²) in [7, 11) is 1.36. The minimum atomic E-state index is -0.415. The number of hydrogen-bond donors (Lipinski definition) is 1. The molecule has 3 atom stereocenters. The van der Waals surface area contributed by atoms with Crippen LogP contribution in [0.15, 0.2) is 42.5 Å². The molecule has 1 aliphatic heterocycles. The van der Waals surface area contributed by atoms with Crippen molar-refractivity contribution < 1.29 is 14.5 Å². The van der Waals surface area contributed by atoms with Crippen molar-refractivity contribution in [2.45, 2.75) is 25.3 Å². The molecule has 1 heterocycles. The molecule has 4 rings (SSSR count). The Labute approximate surface area is 167 Å². The number of non-ortho nitro benzene ring substituents is 1. The van der Waals surface area contributed by atoms with E-state index in [1.165, 1.54) is 13.2 Å². The number of carbonyl (C=O) groups excluding carboxylic acids is 1. The summed E-state index contributed by atoms with van der Waals surface area (Å²) in [4.78, 5) is 23.0. The van der Waals surface area contributed by atoms with Crippen LogP contribution in [0, 0.1) is 23.0 Å². The number of ether oxygens (including phenoxy) is 1. The normalized spacial score (nSPS) is 22.2. The third-order valence-corrected chi connectivity index (χ3v) is 6.07. The van der Waals surface area contributed by atoms with Gasteiger partial charge < -0.3 is 10.1 Å². The molecule has 7 heteroatoms. The number of fused-ring (bicyclic) bond motifs is 3. The van der Waals surface area contributed by atoms with Gasteiger partial charge in [-0.05, 0) is 42.5 Å². The van der Waals surface area contributed by atoms with Gasteiger partial charge in [0, 0.05) is 34.3 Å². The fourth-order valence-corrected chi connectivity index (χ4v) is 4.57. The molecule has 28 heavy (non-hydrogen) atoms. The summed E-state index contributed by atoms with van der Waals surface area (Å²) >= 11 is 6.44. The minimum absolute atomic E-state index is 0.00883. The highest BCUT2D eigenvalue weighted by molar-refractivity contribution is 6.31. The molecule has 0 radical (unpaired) electrons. The van der Waals surface area contributed by atoms with Gasteiger partial charge >= 0.3 is 5.97 Å². The topological polar surface area (TPSA) is 81.5 Å². The smallest absolute Gasteiger partial charge is 0.338 e. The second-order valence-electron chi connectivity index (χ2n) is 7.13. The summed E-state index contributed by atoms with van der Waals surface area (Å²) < 4.78 is 4.89. The third kappa shape index (κ3) is 2.85. The Bertz CT molecular complexity index is 1020. The molecular formula is C21H19ClN2O4. The molecule has 0 saturated carbocycles. The molecule has 2 aliphatic rings. The van der Waals surface area contributed by atoms with Crippen LogP contribution < -0.4 is 5.32 Å². The Morgan fingerprint density at radius 1 is 1.29 bits per heavy atom. The Balaban J connectivity index is 1.85. The minimum Gasteiger partial charge on any atom is -0.465 e. The lowest BCUT2D eigenvalue weighted by molar-refractivity contribution is -0.384. The van der Waals surface area contributed by atoms with Crippen LogP contribution in [-0.4, -0.2) is 18.0 Å². The van der Waals surface area contributed by atoms with Crippen LogP contribution in [0.5, 0.6) is 0 Å². The maximum atomic E-state index is 12.1. The number of nitro groups is 1. The number of nitrogens with one attached hydrogen (secondary N) is 1. The van der Waals surface area contributed by atoms with Crippen molar-refractivity contribution in [1.82, 2.24) is 0 Å². The number of benzene rings is 2. The SMILES string of the molecule is COC(=O)c1ccc2c(c1C)N[C@H](c1cc([N+](=O)[O-])ccc1Cl)[C@@H]1CC=C[C@@H]21. The number of halogens is 1. The van der Waals surface area contributed by atoms with Crippen LogP contribution in [0.25, 0.3) is 0 Å². The Morgan fingerprint density at radius 3 is 2.79 bits per heavy atom. The number of esters is 1. The van der Waals surface area contributed by atoms with E-state index in [2.05, 4.69) is 17.5 Å². The van der Waals surface area contributed by atoms with Gasteiger partial charge in [0.2, 0.25) is 0 Å². The van der Waals surface area contributed by atoms with E-state index in [9.17, 15) is 14.9 Å². The molecule has 0 spiro atoms. The molecule has 144 valence electrons. The van der Waals surface area contributed by atoms with Crippen LogP contribution in [0.4, 0.5) is 11.4 Å². The van der Waals surface area contributed by atoms with E-state index < -0.39 is 10.9 Å². The van der Waals surface area contributed by atoms with Crippen molar-refractivity contribution in [3.8, 4) is 0 Å². The van der Waals surface area contributed by atoms with E-state index in [4.69, 9.17) is 16.3 Å². The van der Waals surface area contributed by atoms with Crippen LogP contribution in [0.1, 0.15) is 45.4 Å². The first kappa shape index (κ1) is 18.5. The van der Waals surface area contributed by atoms with Gasteiger partial charge in [-0.2, -0.15) is 0 Å². The van der Waals surface area contributed by atoms with E-state index in [-0.39, 0.29) is 23.6 Å². The molecule has 0 aromatic heterocycles. The number of hydrogen-bond acceptors (Lipinski definition) is 5. The van der Waals surface area contributed by atoms with Crippen LogP contribution >= 0.6 is 11.6 Å². The summed E-state index contributed by atoms with van der Waals surface area (Å²) in [5.74, 6) is -0.0477. The summed E-state index contributed by atoms with van der Waals surface area (Å²) in [6.45, 7) is 1.88. The highest BCUT2D eigenvalue weighted by atomic mass is 35.5. The Hall–Kier alpha value is -2.86. The zero-order chi connectivity index (χ0) is 20.0. The van der Waals surface area contributed by atoms with Gasteiger partial charge in [0.05, 0.1) is 23.6 Å². The number of nitrogens with zero attached hydrogens (tertiary/aromatic N) is 1. The lowest BCUT2D eigenvalue weighted by Gasteiger charge is -2.38. The monoisotopic (exact) mass is 398 g/mol. The summed E-state index contributed by atoms with van der Waals surface area (Å²) in [5.41, 5.74) is 3.98. The van der Waals surface area contributed by atoms with Gasteiger partial charge in [0.15, 0.2) is 0 Å². The average molecular weight is 399 g/mol. The first-order valence-corrected chi connectivity index (χ1v) is 9.39.